The van der Waals surface area contributed by atoms with Gasteiger partial charge in [0.2, 0.25) is 5.91 Å². The van der Waals surface area contributed by atoms with Crippen LogP contribution < -0.4 is 11.3 Å². The van der Waals surface area contributed by atoms with Gasteiger partial charge in [-0.1, -0.05) is 12.5 Å². The van der Waals surface area contributed by atoms with E-state index in [-0.39, 0.29) is 5.91 Å². The van der Waals surface area contributed by atoms with Crippen molar-refractivity contribution in [3.05, 3.63) is 30.2 Å². The Morgan fingerprint density at radius 1 is 1.47 bits per heavy atom. The summed E-state index contributed by atoms with van der Waals surface area (Å²) in [5.74, 6) is 5.14. The predicted molar refractivity (Wildman–Crippen MR) is 61.9 cm³/mol. The van der Waals surface area contributed by atoms with Crippen molar-refractivity contribution in [2.75, 3.05) is 0 Å². The second kappa shape index (κ2) is 3.56. The molecular formula is C12H13N3O2. The van der Waals surface area contributed by atoms with Gasteiger partial charge < -0.3 is 4.42 Å². The van der Waals surface area contributed by atoms with Crippen molar-refractivity contribution in [3.8, 4) is 0 Å². The zero-order valence-electron chi connectivity index (χ0n) is 9.27. The van der Waals surface area contributed by atoms with E-state index >= 15 is 0 Å². The molecule has 3 N–H and O–H groups in total. The normalized spacial score (nSPS) is 17.7. The molecule has 1 aromatic heterocycles. The van der Waals surface area contributed by atoms with E-state index in [1.807, 2.05) is 18.2 Å². The van der Waals surface area contributed by atoms with E-state index in [2.05, 4.69) is 10.4 Å². The molecule has 2 aromatic rings. The molecule has 1 saturated carbocycles. The summed E-state index contributed by atoms with van der Waals surface area (Å²) in [6, 6.07) is 5.69. The number of nitrogens with two attached hydrogens (primary N) is 1. The first-order valence-electron chi connectivity index (χ1n) is 5.61. The Bertz CT molecular complexity index is 572. The number of hydrazine groups is 1. The fraction of sp³-hybridized carbons (Fsp3) is 0.333. The number of nitrogens with one attached hydrogen (secondary N) is 1. The molecule has 1 amide bonds. The van der Waals surface area contributed by atoms with Gasteiger partial charge in [-0.15, -0.1) is 0 Å². The van der Waals surface area contributed by atoms with Crippen molar-refractivity contribution in [3.63, 3.8) is 0 Å². The Kier molecular flexibility index (Phi) is 2.16. The standard InChI is InChI=1S/C12H13N3O2/c13-15-11(16)12(4-1-5-12)8-2-3-9-10(6-8)17-7-14-9/h2-3,6-7H,1,4-5,13H2,(H,15,16). The van der Waals surface area contributed by atoms with Crippen LogP contribution in [0.3, 0.4) is 0 Å². The van der Waals surface area contributed by atoms with Crippen LogP contribution in [0.25, 0.3) is 11.1 Å². The minimum absolute atomic E-state index is 0.123. The molecule has 0 unspecified atom stereocenters. The summed E-state index contributed by atoms with van der Waals surface area (Å²) in [5, 5.41) is 0. The monoisotopic (exact) mass is 231 g/mol. The Labute approximate surface area is 98.0 Å². The molecular weight excluding hydrogens is 218 g/mol. The molecule has 88 valence electrons. The number of hydrogen-bond donors (Lipinski definition) is 2. The average molecular weight is 231 g/mol. The largest absolute Gasteiger partial charge is 0.443 e. The molecule has 0 atom stereocenters. The minimum Gasteiger partial charge on any atom is -0.443 e. The van der Waals surface area contributed by atoms with Crippen LogP contribution in [0.2, 0.25) is 0 Å². The number of nitrogens with zero attached hydrogens (tertiary/aromatic N) is 1. The molecule has 1 aliphatic carbocycles. The zero-order chi connectivity index (χ0) is 11.9. The van der Waals surface area contributed by atoms with Crippen molar-refractivity contribution in [1.82, 2.24) is 10.4 Å². The molecule has 0 radical (unpaired) electrons. The van der Waals surface area contributed by atoms with Gasteiger partial charge in [-0.05, 0) is 30.5 Å². The third-order valence-corrected chi connectivity index (χ3v) is 3.66. The topological polar surface area (TPSA) is 81.1 Å². The molecule has 3 rings (SSSR count). The second-order valence-corrected chi connectivity index (χ2v) is 4.44. The summed E-state index contributed by atoms with van der Waals surface area (Å²) < 4.78 is 5.26. The summed E-state index contributed by atoms with van der Waals surface area (Å²) >= 11 is 0. The molecule has 0 spiro atoms. The first kappa shape index (κ1) is 10.3. The molecule has 17 heavy (non-hydrogen) atoms. The summed E-state index contributed by atoms with van der Waals surface area (Å²) in [5.41, 5.74) is 4.25. The first-order chi connectivity index (χ1) is 8.26. The van der Waals surface area contributed by atoms with E-state index < -0.39 is 5.41 Å². The summed E-state index contributed by atoms with van der Waals surface area (Å²) in [7, 11) is 0. The third kappa shape index (κ3) is 1.36. The van der Waals surface area contributed by atoms with E-state index in [9.17, 15) is 4.79 Å². The third-order valence-electron chi connectivity index (χ3n) is 3.66. The van der Waals surface area contributed by atoms with Crippen LogP contribution in [0.4, 0.5) is 0 Å². The van der Waals surface area contributed by atoms with Gasteiger partial charge in [-0.25, -0.2) is 10.8 Å². The lowest BCUT2D eigenvalue weighted by Gasteiger charge is -2.40. The van der Waals surface area contributed by atoms with E-state index in [4.69, 9.17) is 10.3 Å². The highest BCUT2D eigenvalue weighted by molar-refractivity contribution is 5.90. The minimum atomic E-state index is -0.476. The van der Waals surface area contributed by atoms with Crippen LogP contribution in [-0.2, 0) is 10.2 Å². The number of oxazole rings is 1. The van der Waals surface area contributed by atoms with Crippen LogP contribution in [0, 0.1) is 0 Å². The number of amides is 1. The zero-order valence-corrected chi connectivity index (χ0v) is 9.27. The van der Waals surface area contributed by atoms with Crippen molar-refractivity contribution in [1.29, 1.82) is 0 Å². The molecule has 0 saturated heterocycles. The number of fused-ring (bicyclic) bond motifs is 1. The van der Waals surface area contributed by atoms with Gasteiger partial charge in [-0.2, -0.15) is 0 Å². The molecule has 1 aromatic carbocycles. The summed E-state index contributed by atoms with van der Waals surface area (Å²) in [6.07, 6.45) is 4.11. The summed E-state index contributed by atoms with van der Waals surface area (Å²) in [6.45, 7) is 0. The molecule has 0 aliphatic heterocycles. The predicted octanol–water partition coefficient (Wildman–Crippen LogP) is 1.24. The van der Waals surface area contributed by atoms with Crippen LogP contribution in [0.5, 0.6) is 0 Å². The second-order valence-electron chi connectivity index (χ2n) is 4.44. The van der Waals surface area contributed by atoms with Gasteiger partial charge in [0.05, 0.1) is 5.41 Å². The van der Waals surface area contributed by atoms with Crippen LogP contribution >= 0.6 is 0 Å². The van der Waals surface area contributed by atoms with E-state index in [0.717, 1.165) is 30.3 Å². The maximum Gasteiger partial charge on any atom is 0.244 e. The Morgan fingerprint density at radius 3 is 2.94 bits per heavy atom. The maximum atomic E-state index is 11.9. The van der Waals surface area contributed by atoms with Crippen LogP contribution in [0.1, 0.15) is 24.8 Å². The Hall–Kier alpha value is -1.88. The van der Waals surface area contributed by atoms with Gasteiger partial charge in [-0.3, -0.25) is 10.2 Å². The molecule has 1 heterocycles. The highest BCUT2D eigenvalue weighted by atomic mass is 16.3. The highest BCUT2D eigenvalue weighted by Gasteiger charge is 2.45. The molecule has 1 aliphatic rings. The van der Waals surface area contributed by atoms with Crippen molar-refractivity contribution < 1.29 is 9.21 Å². The Morgan fingerprint density at radius 2 is 2.29 bits per heavy atom. The van der Waals surface area contributed by atoms with Gasteiger partial charge in [0.1, 0.15) is 5.52 Å². The van der Waals surface area contributed by atoms with E-state index in [1.165, 1.54) is 6.39 Å². The maximum absolute atomic E-state index is 11.9. The van der Waals surface area contributed by atoms with Gasteiger partial charge in [0.15, 0.2) is 12.0 Å². The number of benzene rings is 1. The fourth-order valence-corrected chi connectivity index (χ4v) is 2.47. The van der Waals surface area contributed by atoms with Crippen molar-refractivity contribution in [2.24, 2.45) is 5.84 Å². The summed E-state index contributed by atoms with van der Waals surface area (Å²) in [4.78, 5) is 16.0. The number of hydrogen-bond acceptors (Lipinski definition) is 4. The van der Waals surface area contributed by atoms with E-state index in [0.29, 0.717) is 5.58 Å². The first-order valence-corrected chi connectivity index (χ1v) is 5.61. The lowest BCUT2D eigenvalue weighted by Crippen LogP contribution is -2.51. The molecule has 1 fully saturated rings. The van der Waals surface area contributed by atoms with Gasteiger partial charge >= 0.3 is 0 Å². The quantitative estimate of drug-likeness (QED) is 0.463. The van der Waals surface area contributed by atoms with E-state index in [1.54, 1.807) is 0 Å². The average Bonchev–Trinajstić information content (AvgIpc) is 2.74. The highest BCUT2D eigenvalue weighted by Crippen LogP contribution is 2.44. The van der Waals surface area contributed by atoms with Crippen LogP contribution in [-0.4, -0.2) is 10.9 Å². The van der Waals surface area contributed by atoms with Crippen LogP contribution in [0.15, 0.2) is 29.0 Å². The number of carbonyl (C=O) groups is 1. The van der Waals surface area contributed by atoms with Gasteiger partial charge in [0, 0.05) is 0 Å². The van der Waals surface area contributed by atoms with Crippen molar-refractivity contribution >= 4 is 17.0 Å². The molecule has 5 heteroatoms. The number of rotatable bonds is 2. The fourth-order valence-electron chi connectivity index (χ4n) is 2.47. The lowest BCUT2D eigenvalue weighted by atomic mass is 9.64. The Balaban J connectivity index is 2.09. The van der Waals surface area contributed by atoms with Gasteiger partial charge in [0.25, 0.3) is 0 Å². The number of carbonyl (C=O) groups excluding carboxylic acids is 1. The smallest absolute Gasteiger partial charge is 0.244 e. The molecule has 0 bridgehead atoms. The SMILES string of the molecule is NNC(=O)C1(c2ccc3ncoc3c2)CCC1. The van der Waals surface area contributed by atoms with Crippen molar-refractivity contribution in [2.45, 2.75) is 24.7 Å². The molecule has 5 nitrogen and oxygen atoms in total. The lowest BCUT2D eigenvalue weighted by molar-refractivity contribution is -0.130. The number of aromatic nitrogens is 1.